The summed E-state index contributed by atoms with van der Waals surface area (Å²) in [5, 5.41) is 2.91. The molecule has 0 aliphatic rings. The van der Waals surface area contributed by atoms with E-state index >= 15 is 0 Å². The predicted octanol–water partition coefficient (Wildman–Crippen LogP) is 2.64. The maximum Gasteiger partial charge on any atom is 0.220 e. The van der Waals surface area contributed by atoms with Gasteiger partial charge in [-0.2, -0.15) is 0 Å². The number of carbonyl (C=O) groups is 1. The predicted molar refractivity (Wildman–Crippen MR) is 75.6 cm³/mol. The van der Waals surface area contributed by atoms with Crippen LogP contribution in [0.5, 0.6) is 0 Å². The van der Waals surface area contributed by atoms with Gasteiger partial charge in [0.15, 0.2) is 0 Å². The molecule has 0 aliphatic carbocycles. The van der Waals surface area contributed by atoms with E-state index in [-0.39, 0.29) is 5.91 Å². The Morgan fingerprint density at radius 3 is 2.42 bits per heavy atom. The normalized spacial score (nSPS) is 10.2. The van der Waals surface area contributed by atoms with Gasteiger partial charge in [0.05, 0.1) is 0 Å². The average molecular weight is 254 g/mol. The lowest BCUT2D eigenvalue weighted by atomic mass is 10.1. The van der Waals surface area contributed by atoms with Crippen molar-refractivity contribution in [2.45, 2.75) is 26.3 Å². The maximum atomic E-state index is 11.7. The van der Waals surface area contributed by atoms with Gasteiger partial charge in [-0.25, -0.2) is 0 Å². The zero-order valence-electron chi connectivity index (χ0n) is 11.1. The Labute approximate surface area is 113 Å². The third-order valence-electron chi connectivity index (χ3n) is 3.00. The Kier molecular flexibility index (Phi) is 4.67. The van der Waals surface area contributed by atoms with Crippen LogP contribution in [0.3, 0.4) is 0 Å². The minimum absolute atomic E-state index is 0.0809. The highest BCUT2D eigenvalue weighted by molar-refractivity contribution is 5.76. The molecule has 2 aromatic rings. The van der Waals surface area contributed by atoms with Gasteiger partial charge in [-0.3, -0.25) is 9.78 Å². The first-order chi connectivity index (χ1) is 9.24. The molecule has 0 bridgehead atoms. The van der Waals surface area contributed by atoms with Crippen LogP contribution < -0.4 is 5.32 Å². The van der Waals surface area contributed by atoms with Crippen LogP contribution >= 0.6 is 0 Å². The van der Waals surface area contributed by atoms with E-state index in [0.29, 0.717) is 13.0 Å². The van der Waals surface area contributed by atoms with E-state index in [2.05, 4.69) is 41.5 Å². The zero-order chi connectivity index (χ0) is 13.5. The molecule has 1 amide bonds. The average Bonchev–Trinajstić information content (AvgIpc) is 2.45. The monoisotopic (exact) mass is 254 g/mol. The van der Waals surface area contributed by atoms with E-state index in [0.717, 1.165) is 12.0 Å². The van der Waals surface area contributed by atoms with Gasteiger partial charge in [0.25, 0.3) is 0 Å². The van der Waals surface area contributed by atoms with E-state index in [9.17, 15) is 4.79 Å². The molecule has 1 aromatic carbocycles. The van der Waals surface area contributed by atoms with Crippen molar-refractivity contribution in [3.05, 3.63) is 65.5 Å². The van der Waals surface area contributed by atoms with Gasteiger partial charge < -0.3 is 5.32 Å². The number of hydrogen-bond donors (Lipinski definition) is 1. The zero-order valence-corrected chi connectivity index (χ0v) is 11.1. The van der Waals surface area contributed by atoms with Gasteiger partial charge in [0, 0.05) is 25.4 Å². The molecule has 98 valence electrons. The van der Waals surface area contributed by atoms with Crippen LogP contribution in [-0.4, -0.2) is 10.9 Å². The van der Waals surface area contributed by atoms with Crippen LogP contribution in [-0.2, 0) is 17.8 Å². The molecular weight excluding hydrogens is 236 g/mol. The van der Waals surface area contributed by atoms with Crippen molar-refractivity contribution < 1.29 is 4.79 Å². The van der Waals surface area contributed by atoms with Crippen LogP contribution in [0.15, 0.2) is 48.8 Å². The van der Waals surface area contributed by atoms with Gasteiger partial charge in [-0.15, -0.1) is 0 Å². The number of hydrogen-bond acceptors (Lipinski definition) is 2. The molecule has 0 saturated carbocycles. The summed E-state index contributed by atoms with van der Waals surface area (Å²) in [6.07, 6.45) is 4.76. The molecule has 0 spiro atoms. The fraction of sp³-hybridized carbons (Fsp3) is 0.250. The molecule has 1 aromatic heterocycles. The van der Waals surface area contributed by atoms with E-state index in [1.54, 1.807) is 12.4 Å². The number of benzene rings is 1. The Morgan fingerprint density at radius 1 is 1.05 bits per heavy atom. The SMILES string of the molecule is Cc1ccc(CCC(=O)NCc2ccncc2)cc1. The van der Waals surface area contributed by atoms with E-state index in [1.165, 1.54) is 11.1 Å². The summed E-state index contributed by atoms with van der Waals surface area (Å²) < 4.78 is 0. The Morgan fingerprint density at radius 2 is 1.74 bits per heavy atom. The summed E-state index contributed by atoms with van der Waals surface area (Å²) in [7, 11) is 0. The van der Waals surface area contributed by atoms with Crippen LogP contribution in [0.4, 0.5) is 0 Å². The van der Waals surface area contributed by atoms with Crippen LogP contribution in [0.25, 0.3) is 0 Å². The van der Waals surface area contributed by atoms with Crippen molar-refractivity contribution in [2.75, 3.05) is 0 Å². The van der Waals surface area contributed by atoms with Crippen molar-refractivity contribution in [3.8, 4) is 0 Å². The number of carbonyl (C=O) groups excluding carboxylic acids is 1. The van der Waals surface area contributed by atoms with Crippen molar-refractivity contribution in [1.82, 2.24) is 10.3 Å². The van der Waals surface area contributed by atoms with Crippen molar-refractivity contribution >= 4 is 5.91 Å². The molecule has 1 heterocycles. The smallest absolute Gasteiger partial charge is 0.220 e. The molecule has 0 aliphatic heterocycles. The number of pyridine rings is 1. The fourth-order valence-corrected chi connectivity index (χ4v) is 1.80. The lowest BCUT2D eigenvalue weighted by Crippen LogP contribution is -2.22. The minimum Gasteiger partial charge on any atom is -0.352 e. The highest BCUT2D eigenvalue weighted by Gasteiger charge is 2.02. The second-order valence-corrected chi connectivity index (χ2v) is 4.62. The van der Waals surface area contributed by atoms with E-state index in [4.69, 9.17) is 0 Å². The quantitative estimate of drug-likeness (QED) is 0.891. The second-order valence-electron chi connectivity index (χ2n) is 4.62. The van der Waals surface area contributed by atoms with E-state index in [1.807, 2.05) is 12.1 Å². The van der Waals surface area contributed by atoms with Gasteiger partial charge >= 0.3 is 0 Å². The topological polar surface area (TPSA) is 42.0 Å². The third-order valence-corrected chi connectivity index (χ3v) is 3.00. The minimum atomic E-state index is 0.0809. The van der Waals surface area contributed by atoms with Gasteiger partial charge in [0.2, 0.25) is 5.91 Å². The summed E-state index contributed by atoms with van der Waals surface area (Å²) in [4.78, 5) is 15.7. The molecular formula is C16H18N2O. The van der Waals surface area contributed by atoms with Crippen LogP contribution in [0, 0.1) is 6.92 Å². The standard InChI is InChI=1S/C16H18N2O/c1-13-2-4-14(5-3-13)6-7-16(19)18-12-15-8-10-17-11-9-15/h2-5,8-11H,6-7,12H2,1H3,(H,18,19). The summed E-state index contributed by atoms with van der Waals surface area (Å²) in [6.45, 7) is 2.63. The highest BCUT2D eigenvalue weighted by atomic mass is 16.1. The first-order valence-corrected chi connectivity index (χ1v) is 6.45. The lowest BCUT2D eigenvalue weighted by molar-refractivity contribution is -0.121. The summed E-state index contributed by atoms with van der Waals surface area (Å²) in [5.74, 6) is 0.0809. The molecule has 3 nitrogen and oxygen atoms in total. The first-order valence-electron chi connectivity index (χ1n) is 6.45. The van der Waals surface area contributed by atoms with E-state index < -0.39 is 0 Å². The molecule has 3 heteroatoms. The number of rotatable bonds is 5. The van der Waals surface area contributed by atoms with Crippen molar-refractivity contribution in [2.24, 2.45) is 0 Å². The summed E-state index contributed by atoms with van der Waals surface area (Å²) in [6, 6.07) is 12.1. The third kappa shape index (κ3) is 4.54. The largest absolute Gasteiger partial charge is 0.352 e. The molecule has 1 N–H and O–H groups in total. The number of nitrogens with zero attached hydrogens (tertiary/aromatic N) is 1. The molecule has 19 heavy (non-hydrogen) atoms. The summed E-state index contributed by atoms with van der Waals surface area (Å²) in [5.41, 5.74) is 3.51. The molecule has 0 fully saturated rings. The van der Waals surface area contributed by atoms with Crippen molar-refractivity contribution in [3.63, 3.8) is 0 Å². The Hall–Kier alpha value is -2.16. The van der Waals surface area contributed by atoms with Crippen LogP contribution in [0.1, 0.15) is 23.1 Å². The molecule has 2 rings (SSSR count). The number of amides is 1. The molecule has 0 atom stereocenters. The highest BCUT2D eigenvalue weighted by Crippen LogP contribution is 2.05. The van der Waals surface area contributed by atoms with Gasteiger partial charge in [0.1, 0.15) is 0 Å². The van der Waals surface area contributed by atoms with Gasteiger partial charge in [-0.05, 0) is 36.6 Å². The number of nitrogens with one attached hydrogen (secondary N) is 1. The van der Waals surface area contributed by atoms with Crippen LogP contribution in [0.2, 0.25) is 0 Å². The maximum absolute atomic E-state index is 11.7. The molecule has 0 saturated heterocycles. The van der Waals surface area contributed by atoms with Crippen molar-refractivity contribution in [1.29, 1.82) is 0 Å². The second kappa shape index (κ2) is 6.69. The number of aryl methyl sites for hydroxylation is 2. The molecule has 0 unspecified atom stereocenters. The molecule has 0 radical (unpaired) electrons. The summed E-state index contributed by atoms with van der Waals surface area (Å²) >= 11 is 0. The Bertz CT molecular complexity index is 520. The first kappa shape index (κ1) is 13.3. The fourth-order valence-electron chi connectivity index (χ4n) is 1.80. The number of aromatic nitrogens is 1. The Balaban J connectivity index is 1.74. The van der Waals surface area contributed by atoms with Gasteiger partial charge in [-0.1, -0.05) is 29.8 Å². The lowest BCUT2D eigenvalue weighted by Gasteiger charge is -2.05.